The Morgan fingerprint density at radius 3 is 2.48 bits per heavy atom. The van der Waals surface area contributed by atoms with Crippen LogP contribution in [0, 0.1) is 13.8 Å². The van der Waals surface area contributed by atoms with Gasteiger partial charge in [-0.3, -0.25) is 4.72 Å². The van der Waals surface area contributed by atoms with Gasteiger partial charge in [-0.25, -0.2) is 13.2 Å². The number of sulfonamides is 1. The van der Waals surface area contributed by atoms with Gasteiger partial charge in [-0.1, -0.05) is 17.7 Å². The molecule has 2 rings (SSSR count). The van der Waals surface area contributed by atoms with Gasteiger partial charge in [-0.05, 0) is 41.4 Å². The number of benzene rings is 1. The molecule has 0 bridgehead atoms. The number of carboxylic acid groups (broad SMARTS) is 1. The van der Waals surface area contributed by atoms with Crippen LogP contribution >= 0.6 is 15.9 Å². The predicted octanol–water partition coefficient (Wildman–Crippen LogP) is 3.16. The van der Waals surface area contributed by atoms with E-state index in [0.29, 0.717) is 5.69 Å². The lowest BCUT2D eigenvalue weighted by atomic mass is 10.1. The zero-order valence-electron chi connectivity index (χ0n) is 11.2. The van der Waals surface area contributed by atoms with Crippen molar-refractivity contribution in [1.29, 1.82) is 0 Å². The fourth-order valence-electron chi connectivity index (χ4n) is 1.77. The lowest BCUT2D eigenvalue weighted by molar-refractivity contribution is 0.0661. The van der Waals surface area contributed by atoms with Gasteiger partial charge in [0.2, 0.25) is 5.76 Å². The molecule has 21 heavy (non-hydrogen) atoms. The number of carboxylic acids is 1. The van der Waals surface area contributed by atoms with Gasteiger partial charge < -0.3 is 9.52 Å². The molecule has 112 valence electrons. The van der Waals surface area contributed by atoms with Crippen LogP contribution in [0.4, 0.5) is 5.69 Å². The van der Waals surface area contributed by atoms with Crippen molar-refractivity contribution in [2.24, 2.45) is 0 Å². The van der Waals surface area contributed by atoms with Crippen LogP contribution in [0.2, 0.25) is 0 Å². The summed E-state index contributed by atoms with van der Waals surface area (Å²) < 4.78 is 31.7. The molecule has 0 atom stereocenters. The number of aromatic carboxylic acids is 1. The first-order chi connectivity index (χ1) is 9.70. The smallest absolute Gasteiger partial charge is 0.371 e. The molecular formula is C13H12BrNO5S. The van der Waals surface area contributed by atoms with Gasteiger partial charge in [-0.15, -0.1) is 0 Å². The zero-order valence-corrected chi connectivity index (χ0v) is 13.6. The van der Waals surface area contributed by atoms with Crippen LogP contribution in [0.1, 0.15) is 21.7 Å². The summed E-state index contributed by atoms with van der Waals surface area (Å²) in [6, 6.07) is 6.22. The lowest BCUT2D eigenvalue weighted by Gasteiger charge is -2.10. The molecule has 6 nitrogen and oxygen atoms in total. The first kappa shape index (κ1) is 15.6. The van der Waals surface area contributed by atoms with E-state index < -0.39 is 21.8 Å². The minimum Gasteiger partial charge on any atom is -0.475 e. The Hall–Kier alpha value is -1.80. The molecule has 0 saturated carbocycles. The number of nitrogens with one attached hydrogen (secondary N) is 1. The molecule has 0 spiro atoms. The predicted molar refractivity (Wildman–Crippen MR) is 80.1 cm³/mol. The third-order valence-electron chi connectivity index (χ3n) is 2.78. The fourth-order valence-corrected chi connectivity index (χ4v) is 3.84. The highest BCUT2D eigenvalue weighted by molar-refractivity contribution is 9.10. The van der Waals surface area contributed by atoms with Crippen molar-refractivity contribution in [2.45, 2.75) is 18.7 Å². The van der Waals surface area contributed by atoms with Crippen LogP contribution in [0.3, 0.4) is 0 Å². The summed E-state index contributed by atoms with van der Waals surface area (Å²) in [5.41, 5.74) is 2.19. The summed E-state index contributed by atoms with van der Waals surface area (Å²) in [6.45, 7) is 3.68. The van der Waals surface area contributed by atoms with Crippen molar-refractivity contribution in [3.8, 4) is 0 Å². The fraction of sp³-hybridized carbons (Fsp3) is 0.154. The number of aryl methyl sites for hydroxylation is 2. The molecule has 0 unspecified atom stereocenters. The molecule has 0 aliphatic heterocycles. The lowest BCUT2D eigenvalue weighted by Crippen LogP contribution is -2.13. The number of furan rings is 1. The summed E-state index contributed by atoms with van der Waals surface area (Å²) >= 11 is 2.92. The van der Waals surface area contributed by atoms with E-state index in [9.17, 15) is 13.2 Å². The van der Waals surface area contributed by atoms with Crippen molar-refractivity contribution in [3.05, 3.63) is 45.8 Å². The second-order valence-electron chi connectivity index (χ2n) is 4.48. The first-order valence-corrected chi connectivity index (χ1v) is 8.11. The van der Waals surface area contributed by atoms with Gasteiger partial charge in [0.05, 0.1) is 5.69 Å². The van der Waals surface area contributed by atoms with Gasteiger partial charge in [0.1, 0.15) is 4.90 Å². The Morgan fingerprint density at radius 1 is 1.29 bits per heavy atom. The van der Waals surface area contributed by atoms with Crippen LogP contribution in [-0.2, 0) is 10.0 Å². The van der Waals surface area contributed by atoms with E-state index >= 15 is 0 Å². The maximum absolute atomic E-state index is 12.3. The second kappa shape index (κ2) is 5.53. The van der Waals surface area contributed by atoms with Crippen LogP contribution in [0.5, 0.6) is 0 Å². The van der Waals surface area contributed by atoms with Gasteiger partial charge in [0.25, 0.3) is 10.0 Å². The van der Waals surface area contributed by atoms with Crippen molar-refractivity contribution in [3.63, 3.8) is 0 Å². The Kier molecular flexibility index (Phi) is 4.11. The highest BCUT2D eigenvalue weighted by atomic mass is 79.9. The number of anilines is 1. The molecule has 0 fully saturated rings. The molecule has 2 aromatic rings. The van der Waals surface area contributed by atoms with Crippen molar-refractivity contribution < 1.29 is 22.7 Å². The minimum atomic E-state index is -3.95. The molecule has 0 aliphatic carbocycles. The highest BCUT2D eigenvalue weighted by Gasteiger charge is 2.25. The SMILES string of the molecule is Cc1ccc(NS(=O)(=O)c2cc(C(=O)O)oc2Br)c(C)c1. The highest BCUT2D eigenvalue weighted by Crippen LogP contribution is 2.28. The van der Waals surface area contributed by atoms with Crippen LogP contribution in [0.25, 0.3) is 0 Å². The van der Waals surface area contributed by atoms with Crippen molar-refractivity contribution in [2.75, 3.05) is 4.72 Å². The molecular weight excluding hydrogens is 362 g/mol. The van der Waals surface area contributed by atoms with Crippen LogP contribution in [0.15, 0.2) is 38.2 Å². The van der Waals surface area contributed by atoms with E-state index in [2.05, 4.69) is 20.7 Å². The Morgan fingerprint density at radius 2 is 1.95 bits per heavy atom. The monoisotopic (exact) mass is 373 g/mol. The maximum Gasteiger partial charge on any atom is 0.371 e. The Labute approximate surface area is 130 Å². The van der Waals surface area contributed by atoms with Crippen LogP contribution < -0.4 is 4.72 Å². The van der Waals surface area contributed by atoms with Crippen molar-refractivity contribution in [1.82, 2.24) is 0 Å². The average molecular weight is 374 g/mol. The topological polar surface area (TPSA) is 96.6 Å². The molecule has 0 radical (unpaired) electrons. The van der Waals surface area contributed by atoms with E-state index in [4.69, 9.17) is 9.52 Å². The van der Waals surface area contributed by atoms with Crippen molar-refractivity contribution >= 4 is 37.6 Å². The summed E-state index contributed by atoms with van der Waals surface area (Å²) in [5, 5.41) is 8.82. The maximum atomic E-state index is 12.3. The van der Waals surface area contributed by atoms with Gasteiger partial charge in [-0.2, -0.15) is 0 Å². The second-order valence-corrected chi connectivity index (χ2v) is 6.85. The molecule has 1 aromatic heterocycles. The molecule has 0 aliphatic rings. The summed E-state index contributed by atoms with van der Waals surface area (Å²) in [6.07, 6.45) is 0. The number of halogens is 1. The number of hydrogen-bond acceptors (Lipinski definition) is 4. The third-order valence-corrected chi connectivity index (χ3v) is 5.00. The van der Waals surface area contributed by atoms with Gasteiger partial charge >= 0.3 is 5.97 Å². The van der Waals surface area contributed by atoms with E-state index in [1.807, 2.05) is 13.0 Å². The first-order valence-electron chi connectivity index (χ1n) is 5.83. The van der Waals surface area contributed by atoms with Gasteiger partial charge in [0, 0.05) is 6.07 Å². The Bertz CT molecular complexity index is 810. The summed E-state index contributed by atoms with van der Waals surface area (Å²) in [7, 11) is -3.95. The van der Waals surface area contributed by atoms with Crippen LogP contribution in [-0.4, -0.2) is 19.5 Å². The summed E-state index contributed by atoms with van der Waals surface area (Å²) in [5.74, 6) is -1.80. The molecule has 8 heteroatoms. The largest absolute Gasteiger partial charge is 0.475 e. The van der Waals surface area contributed by atoms with Gasteiger partial charge in [0.15, 0.2) is 4.67 Å². The quantitative estimate of drug-likeness (QED) is 0.857. The third kappa shape index (κ3) is 3.27. The number of rotatable bonds is 4. The molecule has 0 saturated heterocycles. The summed E-state index contributed by atoms with van der Waals surface area (Å²) in [4.78, 5) is 10.5. The van der Waals surface area contributed by atoms with E-state index in [-0.39, 0.29) is 9.56 Å². The Balaban J connectivity index is 2.41. The zero-order chi connectivity index (χ0) is 15.8. The molecule has 2 N–H and O–H groups in total. The van der Waals surface area contributed by atoms with E-state index in [1.165, 1.54) is 0 Å². The normalized spacial score (nSPS) is 11.4. The molecule has 1 aromatic carbocycles. The number of hydrogen-bond donors (Lipinski definition) is 2. The van der Waals surface area contributed by atoms with E-state index in [0.717, 1.165) is 17.2 Å². The average Bonchev–Trinajstić information content (AvgIpc) is 2.76. The molecule has 1 heterocycles. The number of carbonyl (C=O) groups is 1. The molecule has 0 amide bonds. The van der Waals surface area contributed by atoms with E-state index in [1.54, 1.807) is 19.1 Å². The standard InChI is InChI=1S/C13H12BrNO5S/c1-7-3-4-9(8(2)5-7)15-21(18,19)11-6-10(13(16)17)20-12(11)14/h3-6,15H,1-2H3,(H,16,17). The minimum absolute atomic E-state index is 0.155.